The van der Waals surface area contributed by atoms with Gasteiger partial charge in [-0.2, -0.15) is 0 Å². The number of carbonyl (C=O) groups is 1. The van der Waals surface area contributed by atoms with Crippen LogP contribution in [0.5, 0.6) is 11.5 Å². The number of rotatable bonds is 6. The molecule has 5 nitrogen and oxygen atoms in total. The average molecular weight is 389 g/mol. The van der Waals surface area contributed by atoms with E-state index in [0.29, 0.717) is 22.8 Å². The summed E-state index contributed by atoms with van der Waals surface area (Å²) < 4.78 is 17.2. The highest BCUT2D eigenvalue weighted by molar-refractivity contribution is 6.08. The first-order valence-corrected chi connectivity index (χ1v) is 9.64. The van der Waals surface area contributed by atoms with E-state index < -0.39 is 6.10 Å². The van der Waals surface area contributed by atoms with Crippen LogP contribution in [0.3, 0.4) is 0 Å². The lowest BCUT2D eigenvalue weighted by atomic mass is 10.1. The number of hydrogen-bond donors (Lipinski definition) is 1. The van der Waals surface area contributed by atoms with Crippen molar-refractivity contribution < 1.29 is 18.7 Å². The van der Waals surface area contributed by atoms with Gasteiger partial charge < -0.3 is 19.2 Å². The number of ether oxygens (including phenoxy) is 2. The molecule has 1 atom stereocenters. The minimum absolute atomic E-state index is 0.263. The second-order valence-corrected chi connectivity index (χ2v) is 6.90. The van der Waals surface area contributed by atoms with E-state index in [1.165, 1.54) is 0 Å². The van der Waals surface area contributed by atoms with E-state index in [4.69, 9.17) is 13.9 Å². The zero-order valence-corrected chi connectivity index (χ0v) is 16.7. The largest absolute Gasteiger partial charge is 0.495 e. The molecule has 0 bridgehead atoms. The van der Waals surface area contributed by atoms with Gasteiger partial charge in [-0.25, -0.2) is 0 Å². The Hall–Kier alpha value is -3.47. The fourth-order valence-electron chi connectivity index (χ4n) is 3.35. The van der Waals surface area contributed by atoms with E-state index in [0.717, 1.165) is 28.3 Å². The van der Waals surface area contributed by atoms with Crippen LogP contribution in [-0.4, -0.2) is 19.1 Å². The number of fused-ring (bicyclic) bond motifs is 3. The highest BCUT2D eigenvalue weighted by Crippen LogP contribution is 2.36. The molecule has 1 aromatic heterocycles. The molecule has 1 unspecified atom stereocenters. The number of nitrogens with one attached hydrogen (secondary N) is 1. The number of furan rings is 1. The Morgan fingerprint density at radius 1 is 1.03 bits per heavy atom. The van der Waals surface area contributed by atoms with Crippen molar-refractivity contribution in [3.63, 3.8) is 0 Å². The second-order valence-electron chi connectivity index (χ2n) is 6.90. The lowest BCUT2D eigenvalue weighted by Crippen LogP contribution is -2.30. The number of benzene rings is 3. The molecule has 0 spiro atoms. The first-order chi connectivity index (χ1) is 14.1. The molecule has 5 heteroatoms. The van der Waals surface area contributed by atoms with Crippen LogP contribution in [0.4, 0.5) is 5.69 Å². The smallest absolute Gasteiger partial charge is 0.265 e. The van der Waals surface area contributed by atoms with Crippen LogP contribution in [0.25, 0.3) is 21.9 Å². The van der Waals surface area contributed by atoms with Crippen LogP contribution in [0.2, 0.25) is 0 Å². The maximum absolute atomic E-state index is 12.7. The van der Waals surface area contributed by atoms with Gasteiger partial charge in [0.25, 0.3) is 5.91 Å². The summed E-state index contributed by atoms with van der Waals surface area (Å²) in [6.45, 7) is 3.80. The summed E-state index contributed by atoms with van der Waals surface area (Å²) in [6, 6.07) is 19.2. The Kier molecular flexibility index (Phi) is 5.12. The normalized spacial score (nSPS) is 12.1. The molecule has 0 aliphatic carbocycles. The molecule has 29 heavy (non-hydrogen) atoms. The molecule has 4 rings (SSSR count). The number of anilines is 1. The van der Waals surface area contributed by atoms with Crippen LogP contribution in [0.1, 0.15) is 19.4 Å². The third kappa shape index (κ3) is 3.76. The summed E-state index contributed by atoms with van der Waals surface area (Å²) in [6.07, 6.45) is 0.241. The maximum Gasteiger partial charge on any atom is 0.265 e. The molecule has 0 saturated heterocycles. The number of methoxy groups -OCH3 is 1. The molecule has 0 fully saturated rings. The quantitative estimate of drug-likeness (QED) is 0.469. The molecule has 1 amide bonds. The number of carbonyl (C=O) groups excluding carboxylic acids is 1. The van der Waals surface area contributed by atoms with Gasteiger partial charge in [0.2, 0.25) is 0 Å². The first-order valence-electron chi connectivity index (χ1n) is 9.64. The van der Waals surface area contributed by atoms with Crippen LogP contribution in [0, 0.1) is 0 Å². The van der Waals surface area contributed by atoms with Crippen molar-refractivity contribution in [2.45, 2.75) is 26.4 Å². The van der Waals surface area contributed by atoms with Crippen molar-refractivity contribution in [1.29, 1.82) is 0 Å². The second kappa shape index (κ2) is 7.87. The third-order valence-corrected chi connectivity index (χ3v) is 4.95. The summed E-state index contributed by atoms with van der Waals surface area (Å²) in [5, 5.41) is 4.84. The van der Waals surface area contributed by atoms with Crippen molar-refractivity contribution in [1.82, 2.24) is 0 Å². The molecule has 0 aliphatic heterocycles. The van der Waals surface area contributed by atoms with Crippen LogP contribution in [-0.2, 0) is 11.2 Å². The summed E-state index contributed by atoms with van der Waals surface area (Å²) in [4.78, 5) is 12.7. The Morgan fingerprint density at radius 2 is 1.86 bits per heavy atom. The Labute approximate surface area is 169 Å². The van der Waals surface area contributed by atoms with E-state index in [9.17, 15) is 4.79 Å². The van der Waals surface area contributed by atoms with Crippen LogP contribution in [0.15, 0.2) is 65.1 Å². The number of hydrogen-bond acceptors (Lipinski definition) is 4. The van der Waals surface area contributed by atoms with Crippen molar-refractivity contribution >= 4 is 33.5 Å². The topological polar surface area (TPSA) is 60.7 Å². The Morgan fingerprint density at radius 3 is 2.66 bits per heavy atom. The molecule has 1 heterocycles. The van der Waals surface area contributed by atoms with Crippen molar-refractivity contribution in [2.24, 2.45) is 0 Å². The molecule has 0 saturated carbocycles. The average Bonchev–Trinajstić information content (AvgIpc) is 3.10. The summed E-state index contributed by atoms with van der Waals surface area (Å²) >= 11 is 0. The minimum atomic E-state index is -0.668. The third-order valence-electron chi connectivity index (χ3n) is 4.95. The summed E-state index contributed by atoms with van der Waals surface area (Å²) in [7, 11) is 1.58. The molecule has 0 aliphatic rings. The minimum Gasteiger partial charge on any atom is -0.495 e. The molecular weight excluding hydrogens is 366 g/mol. The fraction of sp³-hybridized carbons (Fsp3) is 0.208. The predicted molar refractivity (Wildman–Crippen MR) is 115 cm³/mol. The van der Waals surface area contributed by atoms with Crippen molar-refractivity contribution in [3.8, 4) is 11.5 Å². The van der Waals surface area contributed by atoms with E-state index in [1.807, 2.05) is 54.6 Å². The van der Waals surface area contributed by atoms with Gasteiger partial charge in [-0.3, -0.25) is 4.79 Å². The van der Waals surface area contributed by atoms with Gasteiger partial charge in [0, 0.05) is 16.8 Å². The zero-order valence-electron chi connectivity index (χ0n) is 16.7. The SMILES string of the molecule is CCc1cccc(OC(C)C(=O)Nc2cc3oc4ccccc4c3cc2OC)c1. The Bertz CT molecular complexity index is 1180. The molecule has 3 aromatic carbocycles. The first kappa shape index (κ1) is 18.9. The van der Waals surface area contributed by atoms with Crippen LogP contribution >= 0.6 is 0 Å². The highest BCUT2D eigenvalue weighted by Gasteiger charge is 2.19. The van der Waals surface area contributed by atoms with Gasteiger partial charge >= 0.3 is 0 Å². The predicted octanol–water partition coefficient (Wildman–Crippen LogP) is 5.56. The van der Waals surface area contributed by atoms with Gasteiger partial charge in [-0.15, -0.1) is 0 Å². The molecule has 1 N–H and O–H groups in total. The van der Waals surface area contributed by atoms with Gasteiger partial charge in [0.1, 0.15) is 22.7 Å². The van der Waals surface area contributed by atoms with Gasteiger partial charge in [-0.05, 0) is 43.2 Å². The molecule has 4 aromatic rings. The molecule has 148 valence electrons. The van der Waals surface area contributed by atoms with Gasteiger partial charge in [-0.1, -0.05) is 37.3 Å². The van der Waals surface area contributed by atoms with Gasteiger partial charge in [0.05, 0.1) is 12.8 Å². The Balaban J connectivity index is 1.58. The standard InChI is InChI=1S/C24H23NO4/c1-4-16-8-7-9-17(12-16)28-15(2)24(26)25-20-14-22-19(13-23(20)27-3)18-10-5-6-11-21(18)29-22/h5-15H,4H2,1-3H3,(H,25,26). The van der Waals surface area contributed by atoms with Crippen LogP contribution < -0.4 is 14.8 Å². The van der Waals surface area contributed by atoms with Crippen molar-refractivity contribution in [2.75, 3.05) is 12.4 Å². The van der Waals surface area contributed by atoms with E-state index in [2.05, 4.69) is 12.2 Å². The number of amides is 1. The maximum atomic E-state index is 12.7. The lowest BCUT2D eigenvalue weighted by molar-refractivity contribution is -0.122. The fourth-order valence-corrected chi connectivity index (χ4v) is 3.35. The monoisotopic (exact) mass is 389 g/mol. The van der Waals surface area contributed by atoms with E-state index in [1.54, 1.807) is 20.1 Å². The highest BCUT2D eigenvalue weighted by atomic mass is 16.5. The molecular formula is C24H23NO4. The van der Waals surface area contributed by atoms with Gasteiger partial charge in [0.15, 0.2) is 6.10 Å². The van der Waals surface area contributed by atoms with Crippen molar-refractivity contribution in [3.05, 3.63) is 66.2 Å². The number of para-hydroxylation sites is 1. The summed E-state index contributed by atoms with van der Waals surface area (Å²) in [5.41, 5.74) is 3.18. The number of aryl methyl sites for hydroxylation is 1. The van der Waals surface area contributed by atoms with E-state index >= 15 is 0 Å². The molecule has 0 radical (unpaired) electrons. The van der Waals surface area contributed by atoms with E-state index in [-0.39, 0.29) is 5.91 Å². The zero-order chi connectivity index (χ0) is 20.4. The summed E-state index contributed by atoms with van der Waals surface area (Å²) in [5.74, 6) is 0.977. The lowest BCUT2D eigenvalue weighted by Gasteiger charge is -2.16.